The Kier molecular flexibility index (Phi) is 3.96. The molecule has 0 unspecified atom stereocenters. The van der Waals surface area contributed by atoms with E-state index in [1.165, 1.54) is 0 Å². The highest BCUT2D eigenvalue weighted by Crippen LogP contribution is 2.20. The van der Waals surface area contributed by atoms with Crippen molar-refractivity contribution in [3.8, 4) is 5.75 Å². The second-order valence-corrected chi connectivity index (χ2v) is 5.40. The van der Waals surface area contributed by atoms with Gasteiger partial charge in [-0.3, -0.25) is 0 Å². The lowest BCUT2D eigenvalue weighted by Crippen LogP contribution is -2.19. The van der Waals surface area contributed by atoms with Gasteiger partial charge in [-0.2, -0.15) is 0 Å². The van der Waals surface area contributed by atoms with Crippen LogP contribution in [0.4, 0.5) is 0 Å². The van der Waals surface area contributed by atoms with Crippen LogP contribution in [0, 0.1) is 0 Å². The average molecular weight is 310 g/mol. The van der Waals surface area contributed by atoms with Crippen LogP contribution in [-0.2, 0) is 22.6 Å². The largest absolute Gasteiger partial charge is 0.486 e. The fraction of sp³-hybridized carbons (Fsp3) is 0.278. The standard InChI is InChI=1S/C18H18N2O3/c1-2-6-14(7-3-1)23-13-17-19-15-8-4-5-9-16(15)20(17)12-18-21-10-11-22-18/h1-9,18H,10-13H2. The second-order valence-electron chi connectivity index (χ2n) is 5.40. The molecule has 0 aliphatic carbocycles. The molecule has 1 saturated heterocycles. The first-order chi connectivity index (χ1) is 11.4. The van der Waals surface area contributed by atoms with Gasteiger partial charge >= 0.3 is 0 Å². The lowest BCUT2D eigenvalue weighted by molar-refractivity contribution is -0.0525. The van der Waals surface area contributed by atoms with E-state index in [1.807, 2.05) is 48.5 Å². The van der Waals surface area contributed by atoms with Crippen molar-refractivity contribution in [2.45, 2.75) is 19.4 Å². The van der Waals surface area contributed by atoms with E-state index >= 15 is 0 Å². The Morgan fingerprint density at radius 3 is 2.57 bits per heavy atom. The molecule has 0 radical (unpaired) electrons. The van der Waals surface area contributed by atoms with Gasteiger partial charge in [0.25, 0.3) is 0 Å². The molecule has 118 valence electrons. The highest BCUT2D eigenvalue weighted by atomic mass is 16.7. The fourth-order valence-electron chi connectivity index (χ4n) is 2.77. The van der Waals surface area contributed by atoms with Crippen LogP contribution in [0.5, 0.6) is 5.75 Å². The summed E-state index contributed by atoms with van der Waals surface area (Å²) < 4.78 is 19.1. The second kappa shape index (κ2) is 6.40. The van der Waals surface area contributed by atoms with E-state index in [9.17, 15) is 0 Å². The molecule has 0 spiro atoms. The molecule has 0 atom stereocenters. The summed E-state index contributed by atoms with van der Waals surface area (Å²) in [6.07, 6.45) is -0.219. The van der Waals surface area contributed by atoms with Crippen molar-refractivity contribution in [2.24, 2.45) is 0 Å². The molecule has 0 amide bonds. The van der Waals surface area contributed by atoms with Gasteiger partial charge in [-0.25, -0.2) is 4.98 Å². The van der Waals surface area contributed by atoms with Gasteiger partial charge in [0.05, 0.1) is 30.8 Å². The molecular formula is C18H18N2O3. The SMILES string of the molecule is c1ccc(OCc2nc3ccccc3n2CC2OCCO2)cc1. The van der Waals surface area contributed by atoms with Crippen LogP contribution in [-0.4, -0.2) is 29.1 Å². The van der Waals surface area contributed by atoms with E-state index < -0.39 is 0 Å². The lowest BCUT2D eigenvalue weighted by atomic mass is 10.3. The first kappa shape index (κ1) is 14.2. The summed E-state index contributed by atoms with van der Waals surface area (Å²) in [5.74, 6) is 1.70. The molecule has 1 aliphatic rings. The van der Waals surface area contributed by atoms with Crippen molar-refractivity contribution in [3.63, 3.8) is 0 Å². The fourth-order valence-corrected chi connectivity index (χ4v) is 2.77. The summed E-state index contributed by atoms with van der Waals surface area (Å²) >= 11 is 0. The Hall–Kier alpha value is -2.37. The van der Waals surface area contributed by atoms with Crippen molar-refractivity contribution < 1.29 is 14.2 Å². The smallest absolute Gasteiger partial charge is 0.175 e. The zero-order chi connectivity index (χ0) is 15.5. The van der Waals surface area contributed by atoms with Crippen molar-refractivity contribution in [1.82, 2.24) is 9.55 Å². The van der Waals surface area contributed by atoms with Crippen molar-refractivity contribution in [1.29, 1.82) is 0 Å². The molecule has 0 bridgehead atoms. The van der Waals surface area contributed by atoms with Crippen LogP contribution in [0.25, 0.3) is 11.0 Å². The average Bonchev–Trinajstić information content (AvgIpc) is 3.23. The molecule has 23 heavy (non-hydrogen) atoms. The minimum atomic E-state index is -0.219. The summed E-state index contributed by atoms with van der Waals surface area (Å²) in [5.41, 5.74) is 2.02. The number of ether oxygens (including phenoxy) is 3. The topological polar surface area (TPSA) is 45.5 Å². The van der Waals surface area contributed by atoms with E-state index in [-0.39, 0.29) is 6.29 Å². The van der Waals surface area contributed by atoms with Crippen LogP contribution in [0.1, 0.15) is 5.82 Å². The van der Waals surface area contributed by atoms with E-state index in [0.29, 0.717) is 26.4 Å². The minimum Gasteiger partial charge on any atom is -0.486 e. The zero-order valence-corrected chi connectivity index (χ0v) is 12.7. The molecule has 2 heterocycles. The number of hydrogen-bond acceptors (Lipinski definition) is 4. The van der Waals surface area contributed by atoms with E-state index in [4.69, 9.17) is 19.2 Å². The van der Waals surface area contributed by atoms with Gasteiger partial charge in [0.2, 0.25) is 0 Å². The maximum absolute atomic E-state index is 5.86. The molecule has 0 N–H and O–H groups in total. The lowest BCUT2D eigenvalue weighted by Gasteiger charge is -2.14. The summed E-state index contributed by atoms with van der Waals surface area (Å²) in [5, 5.41) is 0. The normalized spacial score (nSPS) is 15.3. The molecule has 5 heteroatoms. The number of imidazole rings is 1. The summed E-state index contributed by atoms with van der Waals surface area (Å²) in [7, 11) is 0. The third-order valence-electron chi connectivity index (χ3n) is 3.87. The maximum Gasteiger partial charge on any atom is 0.175 e. The summed E-state index contributed by atoms with van der Waals surface area (Å²) in [6, 6.07) is 17.8. The Balaban J connectivity index is 1.61. The molecule has 1 aromatic heterocycles. The number of hydrogen-bond donors (Lipinski definition) is 0. The van der Waals surface area contributed by atoms with E-state index in [0.717, 1.165) is 22.6 Å². The predicted molar refractivity (Wildman–Crippen MR) is 86.2 cm³/mol. The van der Waals surface area contributed by atoms with Gasteiger partial charge in [0.15, 0.2) is 6.29 Å². The highest BCUT2D eigenvalue weighted by molar-refractivity contribution is 5.75. The molecule has 1 fully saturated rings. The van der Waals surface area contributed by atoms with Gasteiger partial charge in [-0.15, -0.1) is 0 Å². The third-order valence-corrected chi connectivity index (χ3v) is 3.87. The number of aromatic nitrogens is 2. The first-order valence-electron chi connectivity index (χ1n) is 7.75. The number of fused-ring (bicyclic) bond motifs is 1. The number of rotatable bonds is 5. The quantitative estimate of drug-likeness (QED) is 0.727. The van der Waals surface area contributed by atoms with Gasteiger partial charge in [-0.1, -0.05) is 30.3 Å². The van der Waals surface area contributed by atoms with Gasteiger partial charge in [0.1, 0.15) is 18.2 Å². The van der Waals surface area contributed by atoms with Crippen molar-refractivity contribution in [3.05, 3.63) is 60.4 Å². The van der Waals surface area contributed by atoms with Crippen LogP contribution in [0.3, 0.4) is 0 Å². The molecule has 3 aromatic rings. The molecular weight excluding hydrogens is 292 g/mol. The van der Waals surface area contributed by atoms with Gasteiger partial charge < -0.3 is 18.8 Å². The molecule has 4 rings (SSSR count). The maximum atomic E-state index is 5.86. The predicted octanol–water partition coefficient (Wildman–Crippen LogP) is 2.99. The number of benzene rings is 2. The van der Waals surface area contributed by atoms with Crippen molar-refractivity contribution in [2.75, 3.05) is 13.2 Å². The summed E-state index contributed by atoms with van der Waals surface area (Å²) in [4.78, 5) is 4.70. The molecule has 5 nitrogen and oxygen atoms in total. The van der Waals surface area contributed by atoms with Crippen LogP contribution >= 0.6 is 0 Å². The molecule has 0 saturated carbocycles. The van der Waals surface area contributed by atoms with Gasteiger partial charge in [0, 0.05) is 0 Å². The summed E-state index contributed by atoms with van der Waals surface area (Å²) in [6.45, 7) is 2.32. The number of nitrogens with zero attached hydrogens (tertiary/aromatic N) is 2. The molecule has 2 aromatic carbocycles. The first-order valence-corrected chi connectivity index (χ1v) is 7.75. The number of para-hydroxylation sites is 3. The zero-order valence-electron chi connectivity index (χ0n) is 12.7. The highest BCUT2D eigenvalue weighted by Gasteiger charge is 2.20. The van der Waals surface area contributed by atoms with Crippen LogP contribution < -0.4 is 4.74 Å². The van der Waals surface area contributed by atoms with Crippen LogP contribution in [0.15, 0.2) is 54.6 Å². The molecule has 1 aliphatic heterocycles. The van der Waals surface area contributed by atoms with Crippen molar-refractivity contribution >= 4 is 11.0 Å². The monoisotopic (exact) mass is 310 g/mol. The van der Waals surface area contributed by atoms with E-state index in [1.54, 1.807) is 0 Å². The van der Waals surface area contributed by atoms with E-state index in [2.05, 4.69) is 10.6 Å². The Morgan fingerprint density at radius 1 is 1.00 bits per heavy atom. The van der Waals surface area contributed by atoms with Gasteiger partial charge in [-0.05, 0) is 24.3 Å². The van der Waals surface area contributed by atoms with Crippen LogP contribution in [0.2, 0.25) is 0 Å². The Morgan fingerprint density at radius 2 is 1.74 bits per heavy atom. The third kappa shape index (κ3) is 3.06. The Labute approximate surface area is 134 Å². The Bertz CT molecular complexity index is 779. The minimum absolute atomic E-state index is 0.219.